The van der Waals surface area contributed by atoms with Gasteiger partial charge in [0, 0.05) is 6.04 Å². The molecule has 1 aromatic carbocycles. The van der Waals surface area contributed by atoms with Crippen molar-refractivity contribution < 1.29 is 13.2 Å². The van der Waals surface area contributed by atoms with Gasteiger partial charge in [0.1, 0.15) is 0 Å². The molecule has 2 fully saturated rings. The predicted molar refractivity (Wildman–Crippen MR) is 67.6 cm³/mol. The zero-order valence-electron chi connectivity index (χ0n) is 10.9. The van der Waals surface area contributed by atoms with Crippen LogP contribution in [0.2, 0.25) is 0 Å². The molecule has 2 aliphatic rings. The lowest BCUT2D eigenvalue weighted by Gasteiger charge is -2.27. The van der Waals surface area contributed by atoms with Gasteiger partial charge in [0.25, 0.3) is 0 Å². The van der Waals surface area contributed by atoms with E-state index in [-0.39, 0.29) is 6.04 Å². The molecule has 4 heteroatoms. The number of benzene rings is 1. The smallest absolute Gasteiger partial charge is 0.313 e. The topological polar surface area (TPSA) is 12.0 Å². The molecule has 19 heavy (non-hydrogen) atoms. The van der Waals surface area contributed by atoms with Crippen molar-refractivity contribution in [2.24, 2.45) is 17.8 Å². The zero-order valence-corrected chi connectivity index (χ0v) is 10.9. The quantitative estimate of drug-likeness (QED) is 0.874. The van der Waals surface area contributed by atoms with Crippen LogP contribution in [-0.4, -0.2) is 7.05 Å². The van der Waals surface area contributed by atoms with E-state index in [1.165, 1.54) is 18.6 Å². The van der Waals surface area contributed by atoms with Crippen LogP contribution >= 0.6 is 0 Å². The minimum atomic E-state index is -4.27. The van der Waals surface area contributed by atoms with E-state index in [9.17, 15) is 13.2 Å². The highest BCUT2D eigenvalue weighted by Crippen LogP contribution is 2.57. The lowest BCUT2D eigenvalue weighted by molar-refractivity contribution is -0.138. The normalized spacial score (nSPS) is 31.1. The van der Waals surface area contributed by atoms with Gasteiger partial charge in [-0.25, -0.2) is 0 Å². The van der Waals surface area contributed by atoms with Crippen LogP contribution in [0, 0.1) is 17.8 Å². The van der Waals surface area contributed by atoms with Crippen molar-refractivity contribution in [2.45, 2.75) is 31.5 Å². The lowest BCUT2D eigenvalue weighted by Crippen LogP contribution is -2.27. The molecule has 3 rings (SSSR count). The Balaban J connectivity index is 1.90. The summed E-state index contributed by atoms with van der Waals surface area (Å²) in [6.07, 6.45) is -0.841. The third-order valence-electron chi connectivity index (χ3n) is 4.66. The van der Waals surface area contributed by atoms with E-state index in [0.29, 0.717) is 11.5 Å². The molecule has 1 N–H and O–H groups in total. The molecule has 1 aromatic rings. The molecule has 3 unspecified atom stereocenters. The highest BCUT2D eigenvalue weighted by Gasteiger charge is 2.48. The number of rotatable bonds is 3. The van der Waals surface area contributed by atoms with Gasteiger partial charge in [-0.05, 0) is 55.7 Å². The molecule has 2 saturated carbocycles. The Kier molecular flexibility index (Phi) is 3.08. The summed E-state index contributed by atoms with van der Waals surface area (Å²) >= 11 is 0. The Morgan fingerprint density at radius 2 is 1.74 bits per heavy atom. The van der Waals surface area contributed by atoms with Gasteiger partial charge in [-0.2, -0.15) is 13.2 Å². The number of halogens is 3. The average Bonchev–Trinajstić information content (AvgIpc) is 2.97. The first-order valence-corrected chi connectivity index (χ1v) is 6.84. The fourth-order valence-electron chi connectivity index (χ4n) is 3.71. The molecule has 0 amide bonds. The van der Waals surface area contributed by atoms with Gasteiger partial charge in [-0.3, -0.25) is 0 Å². The molecular formula is C15H18F3N. The highest BCUT2D eigenvalue weighted by molar-refractivity contribution is 5.33. The van der Waals surface area contributed by atoms with Crippen molar-refractivity contribution in [3.63, 3.8) is 0 Å². The van der Waals surface area contributed by atoms with E-state index in [1.807, 2.05) is 0 Å². The second kappa shape index (κ2) is 4.51. The van der Waals surface area contributed by atoms with Crippen molar-refractivity contribution in [1.29, 1.82) is 0 Å². The first kappa shape index (κ1) is 13.0. The summed E-state index contributed by atoms with van der Waals surface area (Å²) in [6, 6.07) is 5.80. The van der Waals surface area contributed by atoms with E-state index in [1.54, 1.807) is 19.2 Å². The average molecular weight is 269 g/mol. The molecule has 0 aliphatic heterocycles. The Morgan fingerprint density at radius 3 is 2.32 bits per heavy atom. The minimum absolute atomic E-state index is 0.175. The Labute approximate surface area is 111 Å². The van der Waals surface area contributed by atoms with Crippen molar-refractivity contribution in [3.8, 4) is 0 Å². The minimum Gasteiger partial charge on any atom is -0.313 e. The van der Waals surface area contributed by atoms with Gasteiger partial charge in [0.05, 0.1) is 5.56 Å². The predicted octanol–water partition coefficient (Wildman–Crippen LogP) is 4.01. The third-order valence-corrected chi connectivity index (χ3v) is 4.66. The largest absolute Gasteiger partial charge is 0.416 e. The van der Waals surface area contributed by atoms with E-state index in [4.69, 9.17) is 0 Å². The standard InChI is InChI=1S/C15H18F3N/c1-19-14(11-7-9-6-10(9)8-11)12-4-2-3-5-13(12)15(16,17)18/h2-5,9-11,14,19H,6-8H2,1H3. The fourth-order valence-corrected chi connectivity index (χ4v) is 3.71. The number of hydrogen-bond donors (Lipinski definition) is 1. The highest BCUT2D eigenvalue weighted by atomic mass is 19.4. The molecular weight excluding hydrogens is 251 g/mol. The molecule has 0 radical (unpaired) electrons. The molecule has 0 aromatic heterocycles. The summed E-state index contributed by atoms with van der Waals surface area (Å²) in [5.74, 6) is 1.90. The van der Waals surface area contributed by atoms with Crippen LogP contribution in [0.15, 0.2) is 24.3 Å². The molecule has 1 nitrogen and oxygen atoms in total. The van der Waals surface area contributed by atoms with E-state index in [0.717, 1.165) is 24.7 Å². The van der Waals surface area contributed by atoms with Crippen LogP contribution in [0.5, 0.6) is 0 Å². The number of hydrogen-bond acceptors (Lipinski definition) is 1. The molecule has 0 spiro atoms. The fraction of sp³-hybridized carbons (Fsp3) is 0.600. The summed E-state index contributed by atoms with van der Waals surface area (Å²) in [5.41, 5.74) is -0.0845. The van der Waals surface area contributed by atoms with E-state index in [2.05, 4.69) is 5.32 Å². The van der Waals surface area contributed by atoms with Crippen molar-refractivity contribution in [3.05, 3.63) is 35.4 Å². The molecule has 2 aliphatic carbocycles. The molecule has 3 atom stereocenters. The van der Waals surface area contributed by atoms with Crippen molar-refractivity contribution in [1.82, 2.24) is 5.32 Å². The van der Waals surface area contributed by atoms with Gasteiger partial charge in [-0.1, -0.05) is 18.2 Å². The van der Waals surface area contributed by atoms with Gasteiger partial charge < -0.3 is 5.32 Å². The molecule has 104 valence electrons. The van der Waals surface area contributed by atoms with E-state index < -0.39 is 11.7 Å². The summed E-state index contributed by atoms with van der Waals surface area (Å²) in [5, 5.41) is 3.11. The van der Waals surface area contributed by atoms with Crippen molar-refractivity contribution >= 4 is 0 Å². The first-order chi connectivity index (χ1) is 9.00. The maximum Gasteiger partial charge on any atom is 0.416 e. The summed E-state index contributed by atoms with van der Waals surface area (Å²) in [4.78, 5) is 0. The Bertz CT molecular complexity index is 459. The molecule has 0 bridgehead atoms. The Morgan fingerprint density at radius 1 is 1.11 bits per heavy atom. The van der Waals surface area contributed by atoms with E-state index >= 15 is 0 Å². The second-order valence-corrected chi connectivity index (χ2v) is 5.84. The summed E-state index contributed by atoms with van der Waals surface area (Å²) in [7, 11) is 1.77. The molecule has 0 saturated heterocycles. The van der Waals surface area contributed by atoms with Crippen LogP contribution in [0.1, 0.15) is 36.4 Å². The van der Waals surface area contributed by atoms with Gasteiger partial charge in [0.15, 0.2) is 0 Å². The summed E-state index contributed by atoms with van der Waals surface area (Å²) < 4.78 is 39.3. The maximum atomic E-state index is 13.1. The first-order valence-electron chi connectivity index (χ1n) is 6.84. The molecule has 0 heterocycles. The Hall–Kier alpha value is -1.03. The zero-order chi connectivity index (χ0) is 13.6. The third kappa shape index (κ3) is 2.38. The van der Waals surface area contributed by atoms with Gasteiger partial charge >= 0.3 is 6.18 Å². The second-order valence-electron chi connectivity index (χ2n) is 5.84. The van der Waals surface area contributed by atoms with Crippen LogP contribution in [0.3, 0.4) is 0 Å². The number of alkyl halides is 3. The SMILES string of the molecule is CNC(c1ccccc1C(F)(F)F)C1CC2CC2C1. The van der Waals surface area contributed by atoms with Crippen molar-refractivity contribution in [2.75, 3.05) is 7.05 Å². The van der Waals surface area contributed by atoms with Crippen LogP contribution < -0.4 is 5.32 Å². The number of fused-ring (bicyclic) bond motifs is 1. The maximum absolute atomic E-state index is 13.1. The monoisotopic (exact) mass is 269 g/mol. The van der Waals surface area contributed by atoms with Gasteiger partial charge in [0.2, 0.25) is 0 Å². The summed E-state index contributed by atoms with van der Waals surface area (Å²) in [6.45, 7) is 0. The van der Waals surface area contributed by atoms with Crippen LogP contribution in [0.25, 0.3) is 0 Å². The lowest BCUT2D eigenvalue weighted by atomic mass is 9.86. The van der Waals surface area contributed by atoms with Crippen LogP contribution in [0.4, 0.5) is 13.2 Å². The van der Waals surface area contributed by atoms with Crippen LogP contribution in [-0.2, 0) is 6.18 Å². The number of nitrogens with one attached hydrogen (secondary N) is 1. The van der Waals surface area contributed by atoms with Gasteiger partial charge in [-0.15, -0.1) is 0 Å².